The van der Waals surface area contributed by atoms with E-state index in [2.05, 4.69) is 9.42 Å². The Morgan fingerprint density at radius 1 is 1.18 bits per heavy atom. The Morgan fingerprint density at radius 3 is 1.41 bits per heavy atom. The van der Waals surface area contributed by atoms with Crippen molar-refractivity contribution in [1.82, 2.24) is 12.3 Å². The summed E-state index contributed by atoms with van der Waals surface area (Å²) in [6, 6.07) is 0. The van der Waals surface area contributed by atoms with E-state index in [-0.39, 0.29) is 25.1 Å². The Hall–Kier alpha value is -0.762. The summed E-state index contributed by atoms with van der Waals surface area (Å²) in [5, 5.41) is 25.9. The molecule has 0 aromatic rings. The van der Waals surface area contributed by atoms with Crippen LogP contribution >= 0.6 is 9.42 Å². The minimum atomic E-state index is -1.44. The van der Waals surface area contributed by atoms with Crippen LogP contribution in [0, 0.1) is 15.5 Å². The number of carbonyl (C=O) groups is 2. The summed E-state index contributed by atoms with van der Waals surface area (Å²) in [4.78, 5) is 28.7. The molecule has 0 unspecified atom stereocenters. The number of hydrogen-bond donors (Lipinski definition) is 4. The third-order valence-corrected chi connectivity index (χ3v) is 2.03. The molecule has 0 heterocycles. The van der Waals surface area contributed by atoms with Crippen LogP contribution in [0.2, 0.25) is 0 Å². The van der Waals surface area contributed by atoms with Crippen LogP contribution in [0.15, 0.2) is 5.34 Å². The average Bonchev–Trinajstić information content (AvgIpc) is 2.05. The Kier molecular flexibility index (Phi) is 19.7. The topological polar surface area (TPSA) is 197 Å². The van der Waals surface area contributed by atoms with Gasteiger partial charge in [-0.2, -0.15) is 0 Å². The molecule has 1 aliphatic carbocycles. The van der Waals surface area contributed by atoms with Crippen molar-refractivity contribution in [2.75, 3.05) is 0 Å². The number of nitrogens with zero attached hydrogens (tertiary/aromatic N) is 1. The van der Waals surface area contributed by atoms with E-state index in [9.17, 15) is 9.59 Å². The molecule has 0 saturated heterocycles. The Labute approximate surface area is 112 Å². The van der Waals surface area contributed by atoms with Crippen molar-refractivity contribution in [3.63, 3.8) is 0 Å². The first-order valence-corrected chi connectivity index (χ1v) is 6.36. The molecule has 107 valence electrons. The van der Waals surface area contributed by atoms with E-state index in [1.807, 2.05) is 0 Å². The van der Waals surface area contributed by atoms with Gasteiger partial charge in [-0.05, 0) is 19.3 Å². The molecule has 0 spiro atoms. The summed E-state index contributed by atoms with van der Waals surface area (Å²) < 4.78 is 0. The van der Waals surface area contributed by atoms with Crippen molar-refractivity contribution in [3.8, 4) is 0 Å². The number of hydrogen-bond acceptors (Lipinski definition) is 7. The van der Waals surface area contributed by atoms with Crippen molar-refractivity contribution in [3.05, 3.63) is 10.1 Å². The van der Waals surface area contributed by atoms with Crippen molar-refractivity contribution in [1.29, 1.82) is 0 Å². The van der Waals surface area contributed by atoms with Gasteiger partial charge >= 0.3 is 40.1 Å². The summed E-state index contributed by atoms with van der Waals surface area (Å²) in [6.07, 6.45) is 1.26. The fourth-order valence-corrected chi connectivity index (χ4v) is 1.05. The third-order valence-electron chi connectivity index (χ3n) is 2.03. The number of carboxylic acid groups (broad SMARTS) is 2. The Balaban J connectivity index is -0.000000106. The van der Waals surface area contributed by atoms with Crippen LogP contribution in [0.25, 0.3) is 0 Å². The monoisotopic (exact) mass is 454 g/mol. The molecule has 0 aromatic heterocycles. The number of rotatable bonds is 2. The predicted molar refractivity (Wildman–Crippen MR) is 56.6 cm³/mol. The van der Waals surface area contributed by atoms with Gasteiger partial charge in [0.25, 0.3) is 0 Å². The first-order chi connectivity index (χ1) is 7.01. The van der Waals surface area contributed by atoms with Crippen LogP contribution in [0.5, 0.6) is 0 Å². The van der Waals surface area contributed by atoms with Crippen LogP contribution in [-0.2, 0) is 28.4 Å². The van der Waals surface area contributed by atoms with Gasteiger partial charge in [-0.25, -0.2) is 0 Å². The second-order valence-electron chi connectivity index (χ2n) is 2.62. The molecule has 11 heteroatoms. The quantitative estimate of drug-likeness (QED) is 0.274. The molecular weight excluding hydrogens is 441 g/mol. The summed E-state index contributed by atoms with van der Waals surface area (Å²) in [5.41, 5.74) is -1.44. The van der Waals surface area contributed by atoms with Gasteiger partial charge in [0.15, 0.2) is 5.41 Å². The van der Waals surface area contributed by atoms with E-state index >= 15 is 0 Å². The van der Waals surface area contributed by atoms with Gasteiger partial charge in [0.1, 0.15) is 0 Å². The molecular formula is C6H14ClN3O6Pt-. The molecule has 9 nitrogen and oxygen atoms in total. The van der Waals surface area contributed by atoms with Crippen LogP contribution in [0.1, 0.15) is 19.3 Å². The second-order valence-corrected chi connectivity index (χ2v) is 2.62. The van der Waals surface area contributed by atoms with Gasteiger partial charge in [0.2, 0.25) is 0 Å². The first-order valence-electron chi connectivity index (χ1n) is 3.55. The average molecular weight is 455 g/mol. The Bertz CT molecular complexity index is 222. The molecule has 0 aliphatic heterocycles. The van der Waals surface area contributed by atoms with Crippen molar-refractivity contribution < 1.29 is 38.6 Å². The molecule has 0 bridgehead atoms. The standard InChI is InChI=1S/C6H8O4.ClH.HNO2.2H3N.Pt/c7-4(8)6(5(9)10)2-1-3-6;;2-1-3;;;/h1-3H2,(H,7,8)(H,9,10);1H;(H,2,3);2*1H3;/q;;;;;+1/p-2. The minimum absolute atomic E-state index is 0. The van der Waals surface area contributed by atoms with Crippen LogP contribution < -0.4 is 12.3 Å². The molecule has 1 fully saturated rings. The zero-order chi connectivity index (χ0) is 12.5. The van der Waals surface area contributed by atoms with Gasteiger partial charge in [-0.3, -0.25) is 9.59 Å². The molecule has 1 saturated carbocycles. The number of halogens is 1. The van der Waals surface area contributed by atoms with E-state index in [4.69, 9.17) is 20.3 Å². The summed E-state index contributed by atoms with van der Waals surface area (Å²) in [5.74, 6) is -2.41. The first kappa shape index (κ1) is 25.2. The molecule has 8 N–H and O–H groups in total. The number of aliphatic carboxylic acids is 2. The molecule has 1 rings (SSSR count). The fraction of sp³-hybridized carbons (Fsp3) is 0.667. The van der Waals surface area contributed by atoms with Crippen LogP contribution in [0.3, 0.4) is 0 Å². The van der Waals surface area contributed by atoms with E-state index in [0.717, 1.165) is 5.34 Å². The third kappa shape index (κ3) is 7.22. The van der Waals surface area contributed by atoms with E-state index in [1.54, 1.807) is 18.8 Å². The van der Waals surface area contributed by atoms with Gasteiger partial charge in [-0.1, -0.05) is 0 Å². The number of carboxylic acids is 2. The van der Waals surface area contributed by atoms with Crippen molar-refractivity contribution >= 4 is 21.4 Å². The molecule has 0 amide bonds. The van der Waals surface area contributed by atoms with Gasteiger partial charge < -0.3 is 32.6 Å². The van der Waals surface area contributed by atoms with E-state index in [1.165, 1.54) is 0 Å². The molecule has 0 atom stereocenters. The van der Waals surface area contributed by atoms with Crippen molar-refractivity contribution in [2.24, 2.45) is 10.8 Å². The molecule has 0 aromatic carbocycles. The summed E-state index contributed by atoms with van der Waals surface area (Å²) >= 11 is 1.61. The second kappa shape index (κ2) is 13.3. The SMILES string of the molecule is N.N.O=C(O)C1(C(=O)O)CCC1.O=N[O-].[Cl][Pt]. The van der Waals surface area contributed by atoms with Gasteiger partial charge in [-0.15, -0.1) is 5.34 Å². The molecule has 1 aliphatic rings. The molecule has 0 radical (unpaired) electrons. The van der Waals surface area contributed by atoms with Gasteiger partial charge in [0, 0.05) is 0 Å². The van der Waals surface area contributed by atoms with Gasteiger partial charge in [0.05, 0.1) is 0 Å². The summed E-state index contributed by atoms with van der Waals surface area (Å²) in [7, 11) is 4.61. The van der Waals surface area contributed by atoms with Crippen LogP contribution in [0.4, 0.5) is 0 Å². The van der Waals surface area contributed by atoms with E-state index in [0.29, 0.717) is 6.42 Å². The maximum atomic E-state index is 10.4. The maximum absolute atomic E-state index is 10.4. The van der Waals surface area contributed by atoms with Crippen molar-refractivity contribution in [2.45, 2.75) is 19.3 Å². The zero-order valence-corrected chi connectivity index (χ0v) is 11.7. The molecule has 17 heavy (non-hydrogen) atoms. The Morgan fingerprint density at radius 2 is 1.41 bits per heavy atom. The van der Waals surface area contributed by atoms with Crippen LogP contribution in [-0.4, -0.2) is 22.2 Å². The predicted octanol–water partition coefficient (Wildman–Crippen LogP) is 1.59. The zero-order valence-electron chi connectivity index (χ0n) is 8.70. The summed E-state index contributed by atoms with van der Waals surface area (Å²) in [6.45, 7) is 0. The normalized spacial score (nSPS) is 13.6. The van der Waals surface area contributed by atoms with E-state index < -0.39 is 17.4 Å². The fourth-order valence-electron chi connectivity index (χ4n) is 1.05.